The van der Waals surface area contributed by atoms with Gasteiger partial charge in [0.1, 0.15) is 0 Å². The van der Waals surface area contributed by atoms with Gasteiger partial charge < -0.3 is 10.2 Å². The van der Waals surface area contributed by atoms with Crippen LogP contribution >= 0.6 is 0 Å². The normalized spacial score (nSPS) is 15.3. The maximum absolute atomic E-state index is 12.7. The van der Waals surface area contributed by atoms with E-state index in [0.29, 0.717) is 11.3 Å². The van der Waals surface area contributed by atoms with Crippen molar-refractivity contribution in [2.75, 3.05) is 24.9 Å². The van der Waals surface area contributed by atoms with Crippen molar-refractivity contribution in [2.24, 2.45) is 0 Å². The van der Waals surface area contributed by atoms with Crippen LogP contribution in [-0.2, 0) is 10.0 Å². The Morgan fingerprint density at radius 3 is 2.22 bits per heavy atom. The Bertz CT molecular complexity index is 887. The molecule has 144 valence electrons. The van der Waals surface area contributed by atoms with Crippen molar-refractivity contribution in [3.8, 4) is 0 Å². The van der Waals surface area contributed by atoms with Crippen molar-refractivity contribution < 1.29 is 13.2 Å². The highest BCUT2D eigenvalue weighted by atomic mass is 32.2. The van der Waals surface area contributed by atoms with Crippen LogP contribution in [0.15, 0.2) is 53.4 Å². The fraction of sp³-hybridized carbons (Fsp3) is 0.350. The first kappa shape index (κ1) is 19.4. The molecule has 0 bridgehead atoms. The van der Waals surface area contributed by atoms with E-state index in [9.17, 15) is 13.2 Å². The Labute approximate surface area is 160 Å². The molecular formula is C20H25N3O3S. The molecule has 6 nitrogen and oxygen atoms in total. The lowest BCUT2D eigenvalue weighted by Gasteiger charge is -2.31. The van der Waals surface area contributed by atoms with Gasteiger partial charge in [0, 0.05) is 24.3 Å². The van der Waals surface area contributed by atoms with Gasteiger partial charge in [0.25, 0.3) is 15.9 Å². The molecule has 0 spiro atoms. The number of sulfonamides is 1. The number of rotatable bonds is 5. The molecule has 1 aliphatic rings. The minimum absolute atomic E-state index is 0.0858. The summed E-state index contributed by atoms with van der Waals surface area (Å²) < 4.78 is 27.6. The van der Waals surface area contributed by atoms with Crippen LogP contribution in [0.2, 0.25) is 0 Å². The van der Waals surface area contributed by atoms with Crippen molar-refractivity contribution in [3.63, 3.8) is 0 Å². The van der Waals surface area contributed by atoms with E-state index in [2.05, 4.69) is 10.0 Å². The van der Waals surface area contributed by atoms with Crippen LogP contribution in [0.5, 0.6) is 0 Å². The Morgan fingerprint density at radius 1 is 1.04 bits per heavy atom. The highest BCUT2D eigenvalue weighted by Gasteiger charge is 2.23. The summed E-state index contributed by atoms with van der Waals surface area (Å²) in [6.45, 7) is 3.75. The molecule has 0 atom stereocenters. The highest BCUT2D eigenvalue weighted by Crippen LogP contribution is 2.19. The minimum atomic E-state index is -3.69. The Kier molecular flexibility index (Phi) is 5.82. The Hall–Kier alpha value is -2.38. The first-order valence-corrected chi connectivity index (χ1v) is 10.5. The number of aryl methyl sites for hydroxylation is 1. The van der Waals surface area contributed by atoms with Gasteiger partial charge in [-0.2, -0.15) is 0 Å². The molecule has 1 fully saturated rings. The van der Waals surface area contributed by atoms with Crippen LogP contribution < -0.4 is 10.0 Å². The van der Waals surface area contributed by atoms with Crippen molar-refractivity contribution in [1.82, 2.24) is 10.2 Å². The summed E-state index contributed by atoms with van der Waals surface area (Å²) in [6.07, 6.45) is 1.85. The number of carbonyl (C=O) groups is 1. The maximum atomic E-state index is 12.7. The van der Waals surface area contributed by atoms with E-state index < -0.39 is 10.0 Å². The highest BCUT2D eigenvalue weighted by molar-refractivity contribution is 7.92. The van der Waals surface area contributed by atoms with E-state index in [1.165, 1.54) is 12.1 Å². The van der Waals surface area contributed by atoms with Gasteiger partial charge in [0.15, 0.2) is 0 Å². The average Bonchev–Trinajstić information content (AvgIpc) is 2.69. The van der Waals surface area contributed by atoms with Crippen molar-refractivity contribution in [1.29, 1.82) is 0 Å². The third-order valence-corrected chi connectivity index (χ3v) is 6.29. The zero-order valence-electron chi connectivity index (χ0n) is 15.6. The Balaban J connectivity index is 1.71. The third kappa shape index (κ3) is 4.67. The van der Waals surface area contributed by atoms with E-state index in [4.69, 9.17) is 0 Å². The van der Waals surface area contributed by atoms with Crippen LogP contribution in [0.1, 0.15) is 28.8 Å². The Morgan fingerprint density at radius 2 is 1.63 bits per heavy atom. The first-order valence-electron chi connectivity index (χ1n) is 9.04. The number of amides is 1. The summed E-state index contributed by atoms with van der Waals surface area (Å²) in [4.78, 5) is 14.6. The van der Waals surface area contributed by atoms with Gasteiger partial charge >= 0.3 is 0 Å². The smallest absolute Gasteiger partial charge is 0.261 e. The predicted octanol–water partition coefficient (Wildman–Crippen LogP) is 2.62. The standard InChI is InChI=1S/C20H25N3O3S/c1-15-3-7-17(8-4-15)22-27(25,26)19-9-5-16(6-10-19)20(24)23(2)18-11-13-21-14-12-18/h3-10,18,21-22H,11-14H2,1-2H3. The molecule has 3 rings (SSSR count). The van der Waals surface area contributed by atoms with Gasteiger partial charge in [-0.1, -0.05) is 17.7 Å². The molecule has 0 unspecified atom stereocenters. The zero-order chi connectivity index (χ0) is 19.4. The van der Waals surface area contributed by atoms with Gasteiger partial charge in [-0.3, -0.25) is 9.52 Å². The second-order valence-electron chi connectivity index (χ2n) is 6.89. The molecule has 0 aliphatic carbocycles. The molecule has 1 aliphatic heterocycles. The molecule has 1 saturated heterocycles. The molecular weight excluding hydrogens is 362 g/mol. The molecule has 0 radical (unpaired) electrons. The number of hydrogen-bond acceptors (Lipinski definition) is 4. The van der Waals surface area contributed by atoms with E-state index in [1.807, 2.05) is 26.1 Å². The fourth-order valence-corrected chi connectivity index (χ4v) is 4.23. The largest absolute Gasteiger partial charge is 0.339 e. The summed E-state index contributed by atoms with van der Waals surface area (Å²) >= 11 is 0. The second-order valence-corrected chi connectivity index (χ2v) is 8.58. The van der Waals surface area contributed by atoms with Gasteiger partial charge in [-0.15, -0.1) is 0 Å². The number of carbonyl (C=O) groups excluding carboxylic acids is 1. The van der Waals surface area contributed by atoms with E-state index in [-0.39, 0.29) is 16.8 Å². The third-order valence-electron chi connectivity index (χ3n) is 4.89. The van der Waals surface area contributed by atoms with Crippen molar-refractivity contribution >= 4 is 21.6 Å². The molecule has 2 N–H and O–H groups in total. The first-order chi connectivity index (χ1) is 12.9. The summed E-state index contributed by atoms with van der Waals surface area (Å²) in [6, 6.07) is 13.4. The van der Waals surface area contributed by atoms with Crippen molar-refractivity contribution in [3.05, 3.63) is 59.7 Å². The number of hydrogen-bond donors (Lipinski definition) is 2. The lowest BCUT2D eigenvalue weighted by Crippen LogP contribution is -2.43. The van der Waals surface area contributed by atoms with Gasteiger partial charge in [-0.05, 0) is 69.3 Å². The van der Waals surface area contributed by atoms with Gasteiger partial charge in [0.05, 0.1) is 4.90 Å². The van der Waals surface area contributed by atoms with Crippen LogP contribution in [0.25, 0.3) is 0 Å². The van der Waals surface area contributed by atoms with Gasteiger partial charge in [0.2, 0.25) is 0 Å². The number of piperidine rings is 1. The molecule has 2 aromatic carbocycles. The molecule has 27 heavy (non-hydrogen) atoms. The lowest BCUT2D eigenvalue weighted by molar-refractivity contribution is 0.0703. The average molecular weight is 388 g/mol. The summed E-state index contributed by atoms with van der Waals surface area (Å²) in [7, 11) is -1.89. The summed E-state index contributed by atoms with van der Waals surface area (Å²) in [5, 5.41) is 3.28. The lowest BCUT2D eigenvalue weighted by atomic mass is 10.0. The molecule has 0 saturated carbocycles. The number of anilines is 1. The monoisotopic (exact) mass is 387 g/mol. The minimum Gasteiger partial charge on any atom is -0.339 e. The van der Waals surface area contributed by atoms with Crippen LogP contribution in [0, 0.1) is 6.92 Å². The van der Waals surface area contributed by atoms with E-state index in [0.717, 1.165) is 31.5 Å². The van der Waals surface area contributed by atoms with Crippen LogP contribution in [0.3, 0.4) is 0 Å². The molecule has 1 heterocycles. The maximum Gasteiger partial charge on any atom is 0.261 e. The van der Waals surface area contributed by atoms with E-state index in [1.54, 1.807) is 29.2 Å². The number of nitrogens with zero attached hydrogens (tertiary/aromatic N) is 1. The topological polar surface area (TPSA) is 78.5 Å². The molecule has 2 aromatic rings. The molecule has 1 amide bonds. The molecule has 0 aromatic heterocycles. The SMILES string of the molecule is Cc1ccc(NS(=O)(=O)c2ccc(C(=O)N(C)C3CCNCC3)cc2)cc1. The van der Waals surface area contributed by atoms with Crippen LogP contribution in [0.4, 0.5) is 5.69 Å². The van der Waals surface area contributed by atoms with E-state index >= 15 is 0 Å². The zero-order valence-corrected chi connectivity index (χ0v) is 16.4. The quantitative estimate of drug-likeness (QED) is 0.827. The number of benzene rings is 2. The summed E-state index contributed by atoms with van der Waals surface area (Å²) in [5.74, 6) is -0.0858. The summed E-state index contributed by atoms with van der Waals surface area (Å²) in [5.41, 5.74) is 2.05. The molecule has 7 heteroatoms. The van der Waals surface area contributed by atoms with Crippen LogP contribution in [-0.4, -0.2) is 45.4 Å². The predicted molar refractivity (Wildman–Crippen MR) is 106 cm³/mol. The van der Waals surface area contributed by atoms with Crippen molar-refractivity contribution in [2.45, 2.75) is 30.7 Å². The number of nitrogens with one attached hydrogen (secondary N) is 2. The fourth-order valence-electron chi connectivity index (χ4n) is 3.18. The second kappa shape index (κ2) is 8.10. The van der Waals surface area contributed by atoms with Gasteiger partial charge in [-0.25, -0.2) is 8.42 Å².